The number of nitrogens with one attached hydrogen (secondary N) is 1. The summed E-state index contributed by atoms with van der Waals surface area (Å²) in [7, 11) is 0. The Morgan fingerprint density at radius 2 is 2.00 bits per heavy atom. The summed E-state index contributed by atoms with van der Waals surface area (Å²) in [4.78, 5) is 26.2. The van der Waals surface area contributed by atoms with Gasteiger partial charge in [0.2, 0.25) is 5.91 Å². The van der Waals surface area contributed by atoms with E-state index in [9.17, 15) is 9.59 Å². The number of hydrogen-bond donors (Lipinski definition) is 1. The van der Waals surface area contributed by atoms with Gasteiger partial charge in [0.15, 0.2) is 0 Å². The maximum atomic E-state index is 12.2. The van der Waals surface area contributed by atoms with Crippen LogP contribution in [0.5, 0.6) is 0 Å². The van der Waals surface area contributed by atoms with Crippen molar-refractivity contribution in [3.63, 3.8) is 0 Å². The average molecular weight is 306 g/mol. The molecule has 1 unspecified atom stereocenters. The van der Waals surface area contributed by atoms with Crippen LogP contribution in [0.2, 0.25) is 0 Å². The highest BCUT2D eigenvalue weighted by Gasteiger charge is 2.19. The minimum Gasteiger partial charge on any atom is -0.349 e. The zero-order valence-corrected chi connectivity index (χ0v) is 13.2. The molecular formula is C16H22N2O2S. The number of carbonyl (C=O) groups is 2. The fraction of sp³-hybridized carbons (Fsp3) is 0.500. The van der Waals surface area contributed by atoms with Crippen molar-refractivity contribution in [3.8, 4) is 0 Å². The first-order valence-electron chi connectivity index (χ1n) is 7.38. The number of thioether (sulfide) groups is 1. The Morgan fingerprint density at radius 3 is 2.76 bits per heavy atom. The summed E-state index contributed by atoms with van der Waals surface area (Å²) in [5.41, 5.74) is 0.628. The van der Waals surface area contributed by atoms with E-state index < -0.39 is 0 Å². The molecule has 21 heavy (non-hydrogen) atoms. The fourth-order valence-corrected chi connectivity index (χ4v) is 3.22. The summed E-state index contributed by atoms with van der Waals surface area (Å²) in [6.45, 7) is 3.54. The Hall–Kier alpha value is -1.49. The van der Waals surface area contributed by atoms with Crippen molar-refractivity contribution in [2.45, 2.75) is 25.8 Å². The van der Waals surface area contributed by atoms with Crippen molar-refractivity contribution in [2.24, 2.45) is 0 Å². The number of hydrogen-bond acceptors (Lipinski definition) is 3. The third-order valence-corrected chi connectivity index (χ3v) is 4.52. The molecule has 1 saturated heterocycles. The zero-order chi connectivity index (χ0) is 15.1. The molecule has 1 heterocycles. The fourth-order valence-electron chi connectivity index (χ4n) is 2.33. The van der Waals surface area contributed by atoms with Gasteiger partial charge in [-0.1, -0.05) is 18.2 Å². The van der Waals surface area contributed by atoms with Gasteiger partial charge in [0.05, 0.1) is 0 Å². The predicted molar refractivity (Wildman–Crippen MR) is 86.5 cm³/mol. The van der Waals surface area contributed by atoms with E-state index >= 15 is 0 Å². The van der Waals surface area contributed by atoms with Gasteiger partial charge < -0.3 is 10.2 Å². The van der Waals surface area contributed by atoms with E-state index in [1.807, 2.05) is 41.8 Å². The Labute approximate surface area is 130 Å². The van der Waals surface area contributed by atoms with E-state index in [0.717, 1.165) is 31.0 Å². The molecule has 4 nitrogen and oxygen atoms in total. The van der Waals surface area contributed by atoms with Crippen LogP contribution in [0.15, 0.2) is 30.3 Å². The topological polar surface area (TPSA) is 49.4 Å². The summed E-state index contributed by atoms with van der Waals surface area (Å²) in [6.07, 6.45) is 1.42. The van der Waals surface area contributed by atoms with Crippen LogP contribution in [-0.4, -0.2) is 47.4 Å². The van der Waals surface area contributed by atoms with Gasteiger partial charge >= 0.3 is 0 Å². The molecule has 2 rings (SSSR count). The molecule has 0 aromatic heterocycles. The van der Waals surface area contributed by atoms with Crippen LogP contribution in [0, 0.1) is 0 Å². The number of nitrogens with zero attached hydrogens (tertiary/aromatic N) is 1. The minimum atomic E-state index is -0.152. The van der Waals surface area contributed by atoms with E-state index in [2.05, 4.69) is 5.32 Å². The summed E-state index contributed by atoms with van der Waals surface area (Å²) >= 11 is 1.90. The lowest BCUT2D eigenvalue weighted by Crippen LogP contribution is -2.40. The Kier molecular flexibility index (Phi) is 6.11. The molecule has 0 bridgehead atoms. The first kappa shape index (κ1) is 15.9. The van der Waals surface area contributed by atoms with Gasteiger partial charge in [0.25, 0.3) is 5.91 Å². The molecule has 1 aliphatic rings. The van der Waals surface area contributed by atoms with E-state index in [1.165, 1.54) is 0 Å². The van der Waals surface area contributed by atoms with Gasteiger partial charge in [-0.15, -0.1) is 0 Å². The number of carbonyl (C=O) groups excluding carboxylic acids is 2. The van der Waals surface area contributed by atoms with Crippen molar-refractivity contribution >= 4 is 23.6 Å². The van der Waals surface area contributed by atoms with Crippen LogP contribution in [0.25, 0.3) is 0 Å². The summed E-state index contributed by atoms with van der Waals surface area (Å²) in [6, 6.07) is 8.94. The van der Waals surface area contributed by atoms with Gasteiger partial charge in [0, 0.05) is 36.9 Å². The molecule has 0 aliphatic carbocycles. The number of benzene rings is 1. The van der Waals surface area contributed by atoms with Crippen LogP contribution in [0.4, 0.5) is 0 Å². The molecule has 114 valence electrons. The van der Waals surface area contributed by atoms with Gasteiger partial charge in [-0.2, -0.15) is 11.8 Å². The zero-order valence-electron chi connectivity index (χ0n) is 12.4. The predicted octanol–water partition coefficient (Wildman–Crippen LogP) is 2.16. The Bertz CT molecular complexity index is 470. The van der Waals surface area contributed by atoms with Crippen LogP contribution in [0.3, 0.4) is 0 Å². The lowest BCUT2D eigenvalue weighted by atomic mass is 10.1. The second-order valence-electron chi connectivity index (χ2n) is 5.29. The maximum Gasteiger partial charge on any atom is 0.251 e. The van der Waals surface area contributed by atoms with Gasteiger partial charge in [-0.05, 0) is 31.2 Å². The highest BCUT2D eigenvalue weighted by Crippen LogP contribution is 2.11. The molecule has 5 heteroatoms. The summed E-state index contributed by atoms with van der Waals surface area (Å²) in [5, 5.41) is 2.89. The first-order valence-corrected chi connectivity index (χ1v) is 8.53. The SMILES string of the molecule is CC(CC(=O)N1CCCSCC1)NC(=O)c1ccccc1. The lowest BCUT2D eigenvalue weighted by Gasteiger charge is -2.22. The molecule has 0 spiro atoms. The molecular weight excluding hydrogens is 284 g/mol. The Balaban J connectivity index is 1.82. The van der Waals surface area contributed by atoms with Crippen LogP contribution in [0.1, 0.15) is 30.1 Å². The monoisotopic (exact) mass is 306 g/mol. The standard InChI is InChI=1S/C16H22N2O2S/c1-13(17-16(20)14-6-3-2-4-7-14)12-15(19)18-8-5-10-21-11-9-18/h2-4,6-7,13H,5,8-12H2,1H3,(H,17,20). The van der Waals surface area contributed by atoms with E-state index in [4.69, 9.17) is 0 Å². The van der Waals surface area contributed by atoms with Gasteiger partial charge in [0.1, 0.15) is 0 Å². The largest absolute Gasteiger partial charge is 0.349 e. The molecule has 1 aromatic rings. The summed E-state index contributed by atoms with van der Waals surface area (Å²) < 4.78 is 0. The van der Waals surface area contributed by atoms with Gasteiger partial charge in [-0.25, -0.2) is 0 Å². The molecule has 2 amide bonds. The molecule has 0 radical (unpaired) electrons. The quantitative estimate of drug-likeness (QED) is 0.927. The average Bonchev–Trinajstić information content (AvgIpc) is 2.77. The smallest absolute Gasteiger partial charge is 0.251 e. The van der Waals surface area contributed by atoms with Crippen LogP contribution < -0.4 is 5.32 Å². The molecule has 0 saturated carbocycles. The summed E-state index contributed by atoms with van der Waals surface area (Å²) in [5.74, 6) is 2.15. The lowest BCUT2D eigenvalue weighted by molar-refractivity contribution is -0.131. The molecule has 1 fully saturated rings. The van der Waals surface area contributed by atoms with Crippen molar-refractivity contribution < 1.29 is 9.59 Å². The van der Waals surface area contributed by atoms with E-state index in [-0.39, 0.29) is 17.9 Å². The molecule has 1 aromatic carbocycles. The molecule has 1 atom stereocenters. The number of amides is 2. The second-order valence-corrected chi connectivity index (χ2v) is 6.52. The normalized spacial score (nSPS) is 16.9. The third-order valence-electron chi connectivity index (χ3n) is 3.47. The van der Waals surface area contributed by atoms with Crippen LogP contribution >= 0.6 is 11.8 Å². The Morgan fingerprint density at radius 1 is 1.24 bits per heavy atom. The second kappa shape index (κ2) is 8.08. The van der Waals surface area contributed by atoms with Crippen molar-refractivity contribution in [3.05, 3.63) is 35.9 Å². The van der Waals surface area contributed by atoms with E-state index in [0.29, 0.717) is 12.0 Å². The highest BCUT2D eigenvalue weighted by atomic mass is 32.2. The molecule has 1 aliphatic heterocycles. The van der Waals surface area contributed by atoms with E-state index in [1.54, 1.807) is 12.1 Å². The maximum absolute atomic E-state index is 12.2. The van der Waals surface area contributed by atoms with Gasteiger partial charge in [-0.3, -0.25) is 9.59 Å². The third kappa shape index (κ3) is 5.08. The van der Waals surface area contributed by atoms with Crippen LogP contribution in [-0.2, 0) is 4.79 Å². The van der Waals surface area contributed by atoms with Crippen molar-refractivity contribution in [2.75, 3.05) is 24.6 Å². The van der Waals surface area contributed by atoms with Crippen molar-refractivity contribution in [1.82, 2.24) is 10.2 Å². The van der Waals surface area contributed by atoms with Crippen molar-refractivity contribution in [1.29, 1.82) is 0 Å². The highest BCUT2D eigenvalue weighted by molar-refractivity contribution is 7.99. The first-order chi connectivity index (χ1) is 10.2. The minimum absolute atomic E-state index is 0.123. The number of rotatable bonds is 4. The molecule has 1 N–H and O–H groups in total.